The minimum absolute atomic E-state index is 0.000710. The Morgan fingerprint density at radius 1 is 1.33 bits per heavy atom. The maximum Gasteiger partial charge on any atom is 0.387 e. The fourth-order valence-corrected chi connectivity index (χ4v) is 2.68. The van der Waals surface area contributed by atoms with Gasteiger partial charge in [0.15, 0.2) is 0 Å². The summed E-state index contributed by atoms with van der Waals surface area (Å²) in [5.74, 6) is -0.580. The van der Waals surface area contributed by atoms with Crippen LogP contribution in [0.4, 0.5) is 8.78 Å². The molecule has 0 saturated carbocycles. The van der Waals surface area contributed by atoms with Crippen LogP contribution in [0.5, 0.6) is 5.75 Å². The molecule has 24 heavy (non-hydrogen) atoms. The number of hydrogen-bond acceptors (Lipinski definition) is 4. The van der Waals surface area contributed by atoms with E-state index in [1.54, 1.807) is 4.90 Å². The maximum absolute atomic E-state index is 12.5. The second-order valence-electron chi connectivity index (χ2n) is 5.57. The number of carbonyl (C=O) groups is 2. The van der Waals surface area contributed by atoms with Crippen LogP contribution in [0.25, 0.3) is 0 Å². The van der Waals surface area contributed by atoms with E-state index < -0.39 is 6.61 Å². The Balaban J connectivity index is 1.97. The first kappa shape index (κ1) is 18.1. The van der Waals surface area contributed by atoms with Crippen molar-refractivity contribution in [2.75, 3.05) is 26.2 Å². The molecule has 3 N–H and O–H groups in total. The molecule has 1 aromatic carbocycles. The molecule has 1 aliphatic rings. The van der Waals surface area contributed by atoms with Gasteiger partial charge < -0.3 is 20.7 Å². The molecule has 1 fully saturated rings. The van der Waals surface area contributed by atoms with Crippen molar-refractivity contribution in [3.05, 3.63) is 29.8 Å². The number of hydrogen-bond donors (Lipinski definition) is 2. The second-order valence-corrected chi connectivity index (χ2v) is 5.57. The van der Waals surface area contributed by atoms with Crippen LogP contribution >= 0.6 is 0 Å². The van der Waals surface area contributed by atoms with Crippen molar-refractivity contribution in [3.63, 3.8) is 0 Å². The number of nitrogens with two attached hydrogens (primary N) is 1. The van der Waals surface area contributed by atoms with Gasteiger partial charge in [-0.3, -0.25) is 9.59 Å². The highest BCUT2D eigenvalue weighted by atomic mass is 19.3. The number of halogens is 2. The van der Waals surface area contributed by atoms with E-state index >= 15 is 0 Å². The quantitative estimate of drug-likeness (QED) is 0.815. The lowest BCUT2D eigenvalue weighted by atomic mass is 9.96. The van der Waals surface area contributed by atoms with Gasteiger partial charge in [0.05, 0.1) is 5.92 Å². The number of likely N-dealkylation sites (tertiary alicyclic amines) is 1. The number of carbonyl (C=O) groups excluding carboxylic acids is 2. The monoisotopic (exact) mass is 341 g/mol. The molecule has 132 valence electrons. The number of benzene rings is 1. The molecule has 8 heteroatoms. The Morgan fingerprint density at radius 3 is 2.67 bits per heavy atom. The van der Waals surface area contributed by atoms with Crippen molar-refractivity contribution in [3.8, 4) is 5.75 Å². The first-order valence-electron chi connectivity index (χ1n) is 7.83. The molecule has 1 saturated heterocycles. The number of ether oxygens (including phenoxy) is 1. The van der Waals surface area contributed by atoms with Crippen molar-refractivity contribution in [2.24, 2.45) is 11.7 Å². The van der Waals surface area contributed by atoms with Gasteiger partial charge in [-0.25, -0.2) is 0 Å². The van der Waals surface area contributed by atoms with Crippen LogP contribution in [0.1, 0.15) is 23.2 Å². The first-order valence-corrected chi connectivity index (χ1v) is 7.83. The summed E-state index contributed by atoms with van der Waals surface area (Å²) in [5.41, 5.74) is 5.74. The molecular formula is C16H21F2N3O3. The number of nitrogens with one attached hydrogen (secondary N) is 1. The lowest BCUT2D eigenvalue weighted by Crippen LogP contribution is -2.46. The van der Waals surface area contributed by atoms with Gasteiger partial charge in [-0.05, 0) is 37.1 Å². The van der Waals surface area contributed by atoms with Gasteiger partial charge in [0.2, 0.25) is 5.91 Å². The third kappa shape index (κ3) is 4.89. The Bertz CT molecular complexity index is 566. The van der Waals surface area contributed by atoms with Crippen molar-refractivity contribution in [1.82, 2.24) is 10.2 Å². The van der Waals surface area contributed by atoms with Crippen LogP contribution in [0.15, 0.2) is 24.3 Å². The van der Waals surface area contributed by atoms with E-state index in [0.717, 1.165) is 12.8 Å². The predicted octanol–water partition coefficient (Wildman–Crippen LogP) is 1.22. The number of alkyl halides is 2. The van der Waals surface area contributed by atoms with Gasteiger partial charge in [0.25, 0.3) is 5.91 Å². The Morgan fingerprint density at radius 2 is 2.04 bits per heavy atom. The summed E-state index contributed by atoms with van der Waals surface area (Å²) in [7, 11) is 0. The minimum atomic E-state index is -2.90. The van der Waals surface area contributed by atoms with E-state index in [-0.39, 0.29) is 23.5 Å². The van der Waals surface area contributed by atoms with Crippen molar-refractivity contribution in [1.29, 1.82) is 0 Å². The largest absolute Gasteiger partial charge is 0.435 e. The summed E-state index contributed by atoms with van der Waals surface area (Å²) < 4.78 is 28.5. The zero-order valence-electron chi connectivity index (χ0n) is 13.2. The Labute approximate surface area is 138 Å². The van der Waals surface area contributed by atoms with Crippen LogP contribution in [-0.2, 0) is 4.79 Å². The van der Waals surface area contributed by atoms with Gasteiger partial charge in [-0.15, -0.1) is 0 Å². The molecule has 1 atom stereocenters. The highest BCUT2D eigenvalue weighted by molar-refractivity contribution is 5.94. The van der Waals surface area contributed by atoms with Gasteiger partial charge in [0.1, 0.15) is 5.75 Å². The highest BCUT2D eigenvalue weighted by Crippen LogP contribution is 2.20. The highest BCUT2D eigenvalue weighted by Gasteiger charge is 2.28. The average molecular weight is 341 g/mol. The number of amides is 2. The zero-order valence-corrected chi connectivity index (χ0v) is 13.2. The molecule has 0 aliphatic carbocycles. The van der Waals surface area contributed by atoms with Crippen LogP contribution in [0, 0.1) is 5.92 Å². The van der Waals surface area contributed by atoms with Gasteiger partial charge >= 0.3 is 6.61 Å². The smallest absolute Gasteiger partial charge is 0.387 e. The van der Waals surface area contributed by atoms with Crippen molar-refractivity contribution in [2.45, 2.75) is 19.5 Å². The van der Waals surface area contributed by atoms with Gasteiger partial charge in [-0.1, -0.05) is 0 Å². The second kappa shape index (κ2) is 8.58. The van der Waals surface area contributed by atoms with Crippen LogP contribution in [0.2, 0.25) is 0 Å². The molecular weight excluding hydrogens is 320 g/mol. The molecule has 0 bridgehead atoms. The molecule has 0 radical (unpaired) electrons. The SMILES string of the molecule is NCCNC(=O)C1CCCN(C(=O)c2ccc(OC(F)F)cc2)C1. The summed E-state index contributed by atoms with van der Waals surface area (Å²) in [4.78, 5) is 26.1. The molecule has 1 unspecified atom stereocenters. The van der Waals surface area contributed by atoms with E-state index in [0.29, 0.717) is 31.7 Å². The molecule has 6 nitrogen and oxygen atoms in total. The first-order chi connectivity index (χ1) is 11.5. The standard InChI is InChI=1S/C16H21F2N3O3/c17-16(18)24-13-5-3-11(4-6-13)15(23)21-9-1-2-12(10-21)14(22)20-8-7-19/h3-6,12,16H,1-2,7-10,19H2,(H,20,22). The van der Waals surface area contributed by atoms with E-state index in [4.69, 9.17) is 5.73 Å². The molecule has 2 amide bonds. The average Bonchev–Trinajstić information content (AvgIpc) is 2.59. The van der Waals surface area contributed by atoms with Crippen molar-refractivity contribution >= 4 is 11.8 Å². The van der Waals surface area contributed by atoms with Crippen molar-refractivity contribution < 1.29 is 23.1 Å². The lowest BCUT2D eigenvalue weighted by molar-refractivity contribution is -0.126. The molecule has 0 spiro atoms. The van der Waals surface area contributed by atoms with Crippen LogP contribution in [-0.4, -0.2) is 49.5 Å². The molecule has 0 aromatic heterocycles. The number of rotatable bonds is 6. The summed E-state index contributed by atoms with van der Waals surface area (Å²) in [5, 5.41) is 2.74. The summed E-state index contributed by atoms with van der Waals surface area (Å²) in [6.45, 7) is -1.22. The van der Waals surface area contributed by atoms with E-state index in [2.05, 4.69) is 10.1 Å². The van der Waals surface area contributed by atoms with E-state index in [9.17, 15) is 18.4 Å². The lowest BCUT2D eigenvalue weighted by Gasteiger charge is -2.32. The normalized spacial score (nSPS) is 17.7. The minimum Gasteiger partial charge on any atom is -0.435 e. The molecule has 2 rings (SSSR count). The molecule has 1 heterocycles. The molecule has 1 aliphatic heterocycles. The molecule has 1 aromatic rings. The van der Waals surface area contributed by atoms with E-state index in [1.807, 2.05) is 0 Å². The van der Waals surface area contributed by atoms with E-state index in [1.165, 1.54) is 24.3 Å². The van der Waals surface area contributed by atoms with Gasteiger partial charge in [0, 0.05) is 31.7 Å². The van der Waals surface area contributed by atoms with Crippen LogP contribution in [0.3, 0.4) is 0 Å². The maximum atomic E-state index is 12.5. The zero-order chi connectivity index (χ0) is 17.5. The van der Waals surface area contributed by atoms with Gasteiger partial charge in [-0.2, -0.15) is 8.78 Å². The Kier molecular flexibility index (Phi) is 6.48. The fraction of sp³-hybridized carbons (Fsp3) is 0.500. The Hall–Kier alpha value is -2.22. The van der Waals surface area contributed by atoms with Crippen LogP contribution < -0.4 is 15.8 Å². The third-order valence-corrected chi connectivity index (χ3v) is 3.85. The number of piperidine rings is 1. The topological polar surface area (TPSA) is 84.7 Å². The summed E-state index contributed by atoms with van der Waals surface area (Å²) in [6.07, 6.45) is 1.46. The number of nitrogens with zero attached hydrogens (tertiary/aromatic N) is 1. The fourth-order valence-electron chi connectivity index (χ4n) is 2.68. The summed E-state index contributed by atoms with van der Waals surface area (Å²) in [6, 6.07) is 5.54. The predicted molar refractivity (Wildman–Crippen MR) is 83.8 cm³/mol. The third-order valence-electron chi connectivity index (χ3n) is 3.85. The summed E-state index contributed by atoms with van der Waals surface area (Å²) >= 11 is 0.